The second kappa shape index (κ2) is 6.76. The highest BCUT2D eigenvalue weighted by atomic mass is 35.7. The first-order chi connectivity index (χ1) is 8.75. The number of carbonyl (C=O) groups excluding carboxylic acids is 1. The van der Waals surface area contributed by atoms with E-state index >= 15 is 0 Å². The third-order valence-corrected chi connectivity index (χ3v) is 3.93. The third-order valence-electron chi connectivity index (χ3n) is 2.00. The van der Waals surface area contributed by atoms with Crippen LogP contribution >= 0.6 is 33.9 Å². The maximum Gasteiger partial charge on any atom is 0.261 e. The number of nitrogens with one attached hydrogen (secondary N) is 1. The topological polar surface area (TPSA) is 72.5 Å². The summed E-state index contributed by atoms with van der Waals surface area (Å²) in [5, 5.41) is 2.36. The molecule has 0 spiro atoms. The lowest BCUT2D eigenvalue weighted by atomic mass is 10.3. The van der Waals surface area contributed by atoms with Gasteiger partial charge < -0.3 is 10.1 Å². The highest BCUT2D eigenvalue weighted by Gasteiger charge is 2.17. The lowest BCUT2D eigenvalue weighted by Crippen LogP contribution is -2.18. The average molecular weight is 347 g/mol. The zero-order valence-corrected chi connectivity index (χ0v) is 12.8. The Morgan fingerprint density at radius 3 is 2.26 bits per heavy atom. The van der Waals surface area contributed by atoms with Gasteiger partial charge in [0.2, 0.25) is 5.91 Å². The number of ether oxygens (including phenoxy) is 1. The lowest BCUT2D eigenvalue weighted by molar-refractivity contribution is -0.120. The fourth-order valence-corrected chi connectivity index (χ4v) is 2.68. The van der Waals surface area contributed by atoms with Crippen molar-refractivity contribution >= 4 is 54.5 Å². The van der Waals surface area contributed by atoms with Gasteiger partial charge in [-0.3, -0.25) is 4.79 Å². The second-order valence-corrected chi connectivity index (χ2v) is 6.77. The van der Waals surface area contributed by atoms with Crippen LogP contribution in [-0.4, -0.2) is 27.5 Å². The van der Waals surface area contributed by atoms with Gasteiger partial charge in [-0.05, 0) is 19.1 Å². The first-order valence-electron chi connectivity index (χ1n) is 5.07. The highest BCUT2D eigenvalue weighted by molar-refractivity contribution is 8.13. The van der Waals surface area contributed by atoms with E-state index in [1.807, 2.05) is 0 Å². The van der Waals surface area contributed by atoms with E-state index in [0.717, 1.165) is 12.1 Å². The predicted molar refractivity (Wildman–Crippen MR) is 74.6 cm³/mol. The standard InChI is InChI=1S/C10H10Cl3NO4S/c1-2-18-5-9(15)14-10-7(11)3-6(4-8(10)12)19(13,16)17/h3-4H,2,5H2,1H3,(H,14,15). The number of anilines is 1. The minimum absolute atomic E-state index is 0.0310. The summed E-state index contributed by atoms with van der Waals surface area (Å²) in [6, 6.07) is 2.21. The van der Waals surface area contributed by atoms with E-state index in [0.29, 0.717) is 6.61 Å². The molecule has 106 valence electrons. The summed E-state index contributed by atoms with van der Waals surface area (Å²) in [5.74, 6) is -0.452. The minimum Gasteiger partial charge on any atom is -0.372 e. The van der Waals surface area contributed by atoms with Crippen LogP contribution < -0.4 is 5.32 Å². The Bertz CT molecular complexity index is 565. The van der Waals surface area contributed by atoms with Crippen LogP contribution in [0, 0.1) is 0 Å². The molecule has 1 N–H and O–H groups in total. The molecule has 1 aromatic carbocycles. The quantitative estimate of drug-likeness (QED) is 0.832. The van der Waals surface area contributed by atoms with Gasteiger partial charge in [-0.1, -0.05) is 23.2 Å². The van der Waals surface area contributed by atoms with E-state index in [2.05, 4.69) is 5.32 Å². The van der Waals surface area contributed by atoms with Crippen molar-refractivity contribution in [2.24, 2.45) is 0 Å². The molecule has 5 nitrogen and oxygen atoms in total. The Labute approximate surface area is 125 Å². The third kappa shape index (κ3) is 4.81. The molecule has 0 atom stereocenters. The van der Waals surface area contributed by atoms with Gasteiger partial charge in [-0.2, -0.15) is 0 Å². The molecule has 19 heavy (non-hydrogen) atoms. The van der Waals surface area contributed by atoms with Gasteiger partial charge in [-0.25, -0.2) is 8.42 Å². The number of benzene rings is 1. The average Bonchev–Trinajstić information content (AvgIpc) is 2.29. The SMILES string of the molecule is CCOCC(=O)Nc1c(Cl)cc(S(=O)(=O)Cl)cc1Cl. The molecule has 0 saturated carbocycles. The molecule has 1 aromatic rings. The van der Waals surface area contributed by atoms with Crippen molar-refractivity contribution in [3.63, 3.8) is 0 Å². The molecule has 0 radical (unpaired) electrons. The minimum atomic E-state index is -3.94. The van der Waals surface area contributed by atoms with Crippen molar-refractivity contribution in [1.82, 2.24) is 0 Å². The van der Waals surface area contributed by atoms with Gasteiger partial charge in [0.05, 0.1) is 20.6 Å². The number of hydrogen-bond acceptors (Lipinski definition) is 4. The van der Waals surface area contributed by atoms with Gasteiger partial charge in [0.1, 0.15) is 6.61 Å². The summed E-state index contributed by atoms with van der Waals surface area (Å²) in [4.78, 5) is 11.2. The molecule has 0 aliphatic rings. The van der Waals surface area contributed by atoms with Crippen LogP contribution in [0.4, 0.5) is 5.69 Å². The molecule has 0 fully saturated rings. The number of hydrogen-bond donors (Lipinski definition) is 1. The largest absolute Gasteiger partial charge is 0.372 e. The molecule has 0 bridgehead atoms. The zero-order chi connectivity index (χ0) is 14.6. The molecule has 0 aromatic heterocycles. The van der Waals surface area contributed by atoms with Crippen molar-refractivity contribution in [3.8, 4) is 0 Å². The van der Waals surface area contributed by atoms with Gasteiger partial charge in [0.15, 0.2) is 0 Å². The van der Waals surface area contributed by atoms with Gasteiger partial charge in [0.25, 0.3) is 9.05 Å². The summed E-state index contributed by atoms with van der Waals surface area (Å²) in [5.41, 5.74) is 0.108. The molecule has 0 aliphatic carbocycles. The Balaban J connectivity index is 3.01. The maximum absolute atomic E-state index is 11.5. The molecule has 9 heteroatoms. The summed E-state index contributed by atoms with van der Waals surface area (Å²) < 4.78 is 27.2. The summed E-state index contributed by atoms with van der Waals surface area (Å²) in [6.07, 6.45) is 0. The monoisotopic (exact) mass is 345 g/mol. The molecule has 1 rings (SSSR count). The highest BCUT2D eigenvalue weighted by Crippen LogP contribution is 2.34. The van der Waals surface area contributed by atoms with Crippen molar-refractivity contribution in [3.05, 3.63) is 22.2 Å². The van der Waals surface area contributed by atoms with Crippen LogP contribution in [0.25, 0.3) is 0 Å². The molecule has 0 unspecified atom stereocenters. The smallest absolute Gasteiger partial charge is 0.261 e. The first-order valence-corrected chi connectivity index (χ1v) is 8.13. The van der Waals surface area contributed by atoms with E-state index in [9.17, 15) is 13.2 Å². The number of halogens is 3. The summed E-state index contributed by atoms with van der Waals surface area (Å²) in [6.45, 7) is 1.98. The van der Waals surface area contributed by atoms with Crippen molar-refractivity contribution in [2.75, 3.05) is 18.5 Å². The zero-order valence-electron chi connectivity index (χ0n) is 9.74. The fraction of sp³-hybridized carbons (Fsp3) is 0.300. The lowest BCUT2D eigenvalue weighted by Gasteiger charge is -2.10. The van der Waals surface area contributed by atoms with Crippen LogP contribution in [0.1, 0.15) is 6.92 Å². The van der Waals surface area contributed by atoms with Crippen molar-refractivity contribution < 1.29 is 17.9 Å². The van der Waals surface area contributed by atoms with Crippen LogP contribution in [0.15, 0.2) is 17.0 Å². The molecule has 0 heterocycles. The summed E-state index contributed by atoms with van der Waals surface area (Å²) in [7, 11) is 1.24. The second-order valence-electron chi connectivity index (χ2n) is 3.39. The number of amides is 1. The Kier molecular flexibility index (Phi) is 5.88. The molecular formula is C10H10Cl3NO4S. The normalized spacial score (nSPS) is 11.4. The van der Waals surface area contributed by atoms with Crippen molar-refractivity contribution in [1.29, 1.82) is 0 Å². The fourth-order valence-electron chi connectivity index (χ4n) is 1.18. The van der Waals surface area contributed by atoms with E-state index in [4.69, 9.17) is 38.6 Å². The van der Waals surface area contributed by atoms with E-state index < -0.39 is 15.0 Å². The summed E-state index contributed by atoms with van der Waals surface area (Å²) >= 11 is 11.7. The van der Waals surface area contributed by atoms with Gasteiger partial charge in [-0.15, -0.1) is 0 Å². The van der Waals surface area contributed by atoms with Crippen LogP contribution in [0.2, 0.25) is 10.0 Å². The predicted octanol–water partition coefficient (Wildman–Crippen LogP) is 2.90. The molecule has 1 amide bonds. The number of rotatable bonds is 5. The van der Waals surface area contributed by atoms with Crippen LogP contribution in [-0.2, 0) is 18.6 Å². The van der Waals surface area contributed by atoms with Crippen molar-refractivity contribution in [2.45, 2.75) is 11.8 Å². The number of carbonyl (C=O) groups is 1. The van der Waals surface area contributed by atoms with E-state index in [1.165, 1.54) is 0 Å². The maximum atomic E-state index is 11.5. The van der Waals surface area contributed by atoms with Crippen LogP contribution in [0.3, 0.4) is 0 Å². The Hall–Kier alpha value is -0.530. The van der Waals surface area contributed by atoms with Gasteiger partial charge in [0, 0.05) is 17.3 Å². The molecule has 0 saturated heterocycles. The molecular weight excluding hydrogens is 337 g/mol. The van der Waals surface area contributed by atoms with E-state index in [-0.39, 0.29) is 27.2 Å². The first kappa shape index (κ1) is 16.5. The van der Waals surface area contributed by atoms with E-state index in [1.54, 1.807) is 6.92 Å². The van der Waals surface area contributed by atoms with Crippen LogP contribution in [0.5, 0.6) is 0 Å². The Morgan fingerprint density at radius 2 is 1.84 bits per heavy atom. The Morgan fingerprint density at radius 1 is 1.32 bits per heavy atom. The van der Waals surface area contributed by atoms with Gasteiger partial charge >= 0.3 is 0 Å². The molecule has 0 aliphatic heterocycles.